The first-order valence-corrected chi connectivity index (χ1v) is 9.32. The van der Waals surface area contributed by atoms with Gasteiger partial charge >= 0.3 is 0 Å². The third kappa shape index (κ3) is 4.41. The lowest BCUT2D eigenvalue weighted by Gasteiger charge is -2.21. The molecule has 0 aliphatic carbocycles. The zero-order valence-electron chi connectivity index (χ0n) is 15.3. The highest BCUT2D eigenvalue weighted by atomic mass is 16.5. The van der Waals surface area contributed by atoms with E-state index in [9.17, 15) is 0 Å². The van der Waals surface area contributed by atoms with Crippen molar-refractivity contribution in [1.29, 1.82) is 0 Å². The topological polar surface area (TPSA) is 30.8 Å². The first-order chi connectivity index (χ1) is 12.3. The van der Waals surface area contributed by atoms with Crippen LogP contribution in [-0.2, 0) is 12.8 Å². The van der Waals surface area contributed by atoms with Crippen molar-refractivity contribution in [2.75, 3.05) is 19.8 Å². The predicted octanol–water partition coefficient (Wildman–Crippen LogP) is 4.85. The van der Waals surface area contributed by atoms with Crippen molar-refractivity contribution in [1.82, 2.24) is 0 Å². The summed E-state index contributed by atoms with van der Waals surface area (Å²) in [6.07, 6.45) is 3.99. The smallest absolute Gasteiger partial charge is 0.161 e. The Hall–Kier alpha value is -2.29. The molecule has 0 saturated heterocycles. The third-order valence-electron chi connectivity index (χ3n) is 4.43. The number of rotatable bonds is 8. The van der Waals surface area contributed by atoms with Crippen LogP contribution in [0.25, 0.3) is 0 Å². The average molecular weight is 337 g/mol. The lowest BCUT2D eigenvalue weighted by atomic mass is 9.93. The van der Waals surface area contributed by atoms with E-state index in [1.807, 2.05) is 13.0 Å². The molecule has 0 saturated carbocycles. The Morgan fingerprint density at radius 1 is 1.00 bits per heavy atom. The average Bonchev–Trinajstić information content (AvgIpc) is 2.64. The van der Waals surface area contributed by atoms with Crippen LogP contribution < -0.4 is 9.47 Å². The van der Waals surface area contributed by atoms with Crippen LogP contribution in [0, 0.1) is 0 Å². The summed E-state index contributed by atoms with van der Waals surface area (Å²) in [4.78, 5) is 4.80. The van der Waals surface area contributed by atoms with Crippen LogP contribution in [0.5, 0.6) is 11.5 Å². The van der Waals surface area contributed by atoms with E-state index in [-0.39, 0.29) is 0 Å². The Labute approximate surface area is 150 Å². The van der Waals surface area contributed by atoms with Crippen LogP contribution in [0.3, 0.4) is 0 Å². The molecule has 0 fully saturated rings. The molecular weight excluding hydrogens is 310 g/mol. The largest absolute Gasteiger partial charge is 0.490 e. The molecule has 3 rings (SSSR count). The summed E-state index contributed by atoms with van der Waals surface area (Å²) in [5.74, 6) is 1.70. The van der Waals surface area contributed by atoms with E-state index >= 15 is 0 Å². The van der Waals surface area contributed by atoms with E-state index in [1.54, 1.807) is 0 Å². The Morgan fingerprint density at radius 3 is 2.56 bits per heavy atom. The van der Waals surface area contributed by atoms with E-state index in [0.29, 0.717) is 6.61 Å². The van der Waals surface area contributed by atoms with Gasteiger partial charge in [0.15, 0.2) is 11.5 Å². The van der Waals surface area contributed by atoms with Crippen molar-refractivity contribution >= 4 is 5.71 Å². The molecule has 132 valence electrons. The molecule has 1 aliphatic rings. The fourth-order valence-electron chi connectivity index (χ4n) is 3.12. The number of ether oxygens (including phenoxy) is 2. The molecule has 1 heterocycles. The van der Waals surface area contributed by atoms with Crippen molar-refractivity contribution in [2.45, 2.75) is 39.5 Å². The summed E-state index contributed by atoms with van der Waals surface area (Å²) in [7, 11) is 0. The second-order valence-corrected chi connectivity index (χ2v) is 6.33. The molecule has 0 unspecified atom stereocenters. The van der Waals surface area contributed by atoms with E-state index in [0.717, 1.165) is 56.0 Å². The molecule has 0 atom stereocenters. The van der Waals surface area contributed by atoms with Gasteiger partial charge in [-0.3, -0.25) is 4.99 Å². The zero-order chi connectivity index (χ0) is 17.5. The number of nitrogens with zero attached hydrogens (tertiary/aromatic N) is 1. The number of hydrogen-bond donors (Lipinski definition) is 0. The highest BCUT2D eigenvalue weighted by Gasteiger charge is 2.19. The maximum Gasteiger partial charge on any atom is 0.161 e. The Kier molecular flexibility index (Phi) is 6.10. The molecule has 0 bridgehead atoms. The van der Waals surface area contributed by atoms with Gasteiger partial charge in [-0.25, -0.2) is 0 Å². The van der Waals surface area contributed by atoms with E-state index in [1.165, 1.54) is 16.7 Å². The van der Waals surface area contributed by atoms with Crippen molar-refractivity contribution in [3.8, 4) is 11.5 Å². The second kappa shape index (κ2) is 8.70. The van der Waals surface area contributed by atoms with E-state index in [2.05, 4.69) is 43.3 Å². The SMILES string of the molecule is CCCCOc1cc2c(cc1OCC)CCN=C2Cc1ccccc1. The molecule has 1 aliphatic heterocycles. The molecule has 25 heavy (non-hydrogen) atoms. The molecule has 0 spiro atoms. The molecule has 0 N–H and O–H groups in total. The van der Waals surface area contributed by atoms with Gasteiger partial charge in [-0.1, -0.05) is 43.7 Å². The first-order valence-electron chi connectivity index (χ1n) is 9.32. The highest BCUT2D eigenvalue weighted by Crippen LogP contribution is 2.34. The number of benzene rings is 2. The molecule has 0 radical (unpaired) electrons. The number of unbranched alkanes of at least 4 members (excludes halogenated alkanes) is 1. The van der Waals surface area contributed by atoms with Crippen LogP contribution >= 0.6 is 0 Å². The van der Waals surface area contributed by atoms with Crippen LogP contribution in [0.1, 0.15) is 43.4 Å². The van der Waals surface area contributed by atoms with Gasteiger partial charge < -0.3 is 9.47 Å². The number of aliphatic imine (C=N–C) groups is 1. The predicted molar refractivity (Wildman–Crippen MR) is 103 cm³/mol. The minimum absolute atomic E-state index is 0.647. The van der Waals surface area contributed by atoms with E-state index < -0.39 is 0 Å². The maximum absolute atomic E-state index is 6.01. The summed E-state index contributed by atoms with van der Waals surface area (Å²) < 4.78 is 11.8. The Balaban J connectivity index is 1.89. The maximum atomic E-state index is 6.01. The number of hydrogen-bond acceptors (Lipinski definition) is 3. The normalized spacial score (nSPS) is 13.1. The van der Waals surface area contributed by atoms with Gasteiger partial charge in [0.05, 0.1) is 13.2 Å². The molecule has 3 nitrogen and oxygen atoms in total. The minimum atomic E-state index is 0.647. The van der Waals surface area contributed by atoms with Gasteiger partial charge in [0.1, 0.15) is 0 Å². The summed E-state index contributed by atoms with van der Waals surface area (Å²) in [6, 6.07) is 14.8. The summed E-state index contributed by atoms with van der Waals surface area (Å²) in [6.45, 7) is 6.40. The summed E-state index contributed by atoms with van der Waals surface area (Å²) in [5, 5.41) is 0. The molecular formula is C22H27NO2. The fraction of sp³-hybridized carbons (Fsp3) is 0.409. The van der Waals surface area contributed by atoms with Gasteiger partial charge in [0, 0.05) is 24.2 Å². The van der Waals surface area contributed by atoms with Crippen molar-refractivity contribution in [3.63, 3.8) is 0 Å². The van der Waals surface area contributed by atoms with Gasteiger partial charge in [0.25, 0.3) is 0 Å². The monoisotopic (exact) mass is 337 g/mol. The van der Waals surface area contributed by atoms with Crippen LogP contribution in [0.15, 0.2) is 47.5 Å². The van der Waals surface area contributed by atoms with Crippen molar-refractivity contribution in [3.05, 3.63) is 59.2 Å². The summed E-state index contributed by atoms with van der Waals surface area (Å²) in [5.41, 5.74) is 4.96. The van der Waals surface area contributed by atoms with Crippen molar-refractivity contribution < 1.29 is 9.47 Å². The first kappa shape index (κ1) is 17.5. The Bertz CT molecular complexity index is 722. The van der Waals surface area contributed by atoms with Gasteiger partial charge in [-0.05, 0) is 43.0 Å². The van der Waals surface area contributed by atoms with Crippen LogP contribution in [0.4, 0.5) is 0 Å². The van der Waals surface area contributed by atoms with Gasteiger partial charge in [-0.15, -0.1) is 0 Å². The molecule has 0 amide bonds. The third-order valence-corrected chi connectivity index (χ3v) is 4.43. The van der Waals surface area contributed by atoms with E-state index in [4.69, 9.17) is 14.5 Å². The quantitative estimate of drug-likeness (QED) is 0.645. The summed E-state index contributed by atoms with van der Waals surface area (Å²) >= 11 is 0. The van der Waals surface area contributed by atoms with Gasteiger partial charge in [0.2, 0.25) is 0 Å². The fourth-order valence-corrected chi connectivity index (χ4v) is 3.12. The zero-order valence-corrected chi connectivity index (χ0v) is 15.3. The molecule has 0 aromatic heterocycles. The lowest BCUT2D eigenvalue weighted by Crippen LogP contribution is -2.16. The highest BCUT2D eigenvalue weighted by molar-refractivity contribution is 6.04. The molecule has 3 heteroatoms. The molecule has 2 aromatic carbocycles. The van der Waals surface area contributed by atoms with Crippen LogP contribution in [-0.4, -0.2) is 25.5 Å². The Morgan fingerprint density at radius 2 is 1.80 bits per heavy atom. The number of fused-ring (bicyclic) bond motifs is 1. The molecule has 2 aromatic rings. The lowest BCUT2D eigenvalue weighted by molar-refractivity contribution is 0.272. The van der Waals surface area contributed by atoms with Crippen molar-refractivity contribution in [2.24, 2.45) is 4.99 Å². The van der Waals surface area contributed by atoms with Gasteiger partial charge in [-0.2, -0.15) is 0 Å². The standard InChI is InChI=1S/C22H27NO2/c1-3-5-13-25-22-16-19-18(15-21(22)24-4-2)11-12-23-20(19)14-17-9-7-6-8-10-17/h6-10,15-16H,3-5,11-14H2,1-2H3. The van der Waals surface area contributed by atoms with Crippen LogP contribution in [0.2, 0.25) is 0 Å². The minimum Gasteiger partial charge on any atom is -0.490 e. The second-order valence-electron chi connectivity index (χ2n) is 6.33.